The molecule has 4 rings (SSSR count). The topological polar surface area (TPSA) is 49.4 Å². The van der Waals surface area contributed by atoms with Crippen LogP contribution in [0.25, 0.3) is 11.9 Å². The van der Waals surface area contributed by atoms with Gasteiger partial charge in [0.15, 0.2) is 0 Å². The molecular formula is C19H24N4OS. The Hall–Kier alpha value is -1.89. The number of hydrogen-bond donors (Lipinski definition) is 2. The number of rotatable bonds is 4. The number of aromatic nitrogens is 1. The fourth-order valence-corrected chi connectivity index (χ4v) is 4.40. The number of aryl methyl sites for hydroxylation is 1. The lowest BCUT2D eigenvalue weighted by atomic mass is 10.1. The molecule has 6 heteroatoms. The summed E-state index contributed by atoms with van der Waals surface area (Å²) >= 11 is 1.80. The molecule has 5 nitrogen and oxygen atoms in total. The SMILES string of the molecule is CCOCC1CN(C2=c3ncccc3=CNc3sc(C)cc32)CCN1. The number of nitrogens with zero attached hydrogens (tertiary/aromatic N) is 2. The fraction of sp³-hybridized carbons (Fsp3) is 0.421. The van der Waals surface area contributed by atoms with E-state index >= 15 is 0 Å². The third kappa shape index (κ3) is 3.29. The zero-order valence-electron chi connectivity index (χ0n) is 14.7. The molecule has 2 aliphatic heterocycles. The van der Waals surface area contributed by atoms with Gasteiger partial charge >= 0.3 is 0 Å². The lowest BCUT2D eigenvalue weighted by Crippen LogP contribution is -2.53. The summed E-state index contributed by atoms with van der Waals surface area (Å²) in [6, 6.07) is 6.74. The molecule has 25 heavy (non-hydrogen) atoms. The Morgan fingerprint density at radius 2 is 2.36 bits per heavy atom. The molecule has 1 unspecified atom stereocenters. The summed E-state index contributed by atoms with van der Waals surface area (Å²) in [7, 11) is 0. The third-order valence-electron chi connectivity index (χ3n) is 4.63. The van der Waals surface area contributed by atoms with Gasteiger partial charge in [-0.15, -0.1) is 11.3 Å². The van der Waals surface area contributed by atoms with Crippen LogP contribution < -0.4 is 21.2 Å². The van der Waals surface area contributed by atoms with Crippen LogP contribution in [0.4, 0.5) is 5.00 Å². The van der Waals surface area contributed by atoms with Gasteiger partial charge in [0.2, 0.25) is 0 Å². The van der Waals surface area contributed by atoms with Crippen LogP contribution in [0, 0.1) is 6.92 Å². The zero-order valence-corrected chi connectivity index (χ0v) is 15.5. The molecule has 2 aromatic rings. The first kappa shape index (κ1) is 16.6. The van der Waals surface area contributed by atoms with E-state index in [9.17, 15) is 0 Å². The van der Waals surface area contributed by atoms with Crippen molar-refractivity contribution in [1.82, 2.24) is 15.2 Å². The van der Waals surface area contributed by atoms with Crippen molar-refractivity contribution in [3.05, 3.63) is 45.4 Å². The molecule has 4 heterocycles. The first-order chi connectivity index (χ1) is 12.3. The number of nitrogens with one attached hydrogen (secondary N) is 2. The van der Waals surface area contributed by atoms with E-state index in [0.29, 0.717) is 6.04 Å². The molecule has 132 valence electrons. The highest BCUT2D eigenvalue weighted by molar-refractivity contribution is 7.16. The summed E-state index contributed by atoms with van der Waals surface area (Å²) < 4.78 is 5.65. The van der Waals surface area contributed by atoms with Crippen molar-refractivity contribution >= 4 is 28.2 Å². The Kier molecular flexibility index (Phi) is 4.74. The minimum absolute atomic E-state index is 0.344. The van der Waals surface area contributed by atoms with E-state index in [2.05, 4.69) is 40.8 Å². The molecule has 0 saturated carbocycles. The largest absolute Gasteiger partial charge is 0.380 e. The van der Waals surface area contributed by atoms with Gasteiger partial charge in [-0.2, -0.15) is 0 Å². The molecule has 1 saturated heterocycles. The summed E-state index contributed by atoms with van der Waals surface area (Å²) in [4.78, 5) is 8.51. The average molecular weight is 356 g/mol. The number of thiophene rings is 1. The zero-order chi connectivity index (χ0) is 17.2. The van der Waals surface area contributed by atoms with Gasteiger partial charge in [-0.1, -0.05) is 0 Å². The van der Waals surface area contributed by atoms with E-state index in [1.165, 1.54) is 21.1 Å². The summed E-state index contributed by atoms with van der Waals surface area (Å²) in [5.74, 6) is 0. The van der Waals surface area contributed by atoms with Crippen molar-refractivity contribution in [2.75, 3.05) is 38.2 Å². The van der Waals surface area contributed by atoms with Crippen molar-refractivity contribution in [3.63, 3.8) is 0 Å². The normalized spacial score (nSPS) is 19.5. The van der Waals surface area contributed by atoms with Crippen LogP contribution in [0.5, 0.6) is 0 Å². The molecule has 0 aromatic carbocycles. The maximum absolute atomic E-state index is 5.65. The van der Waals surface area contributed by atoms with Crippen molar-refractivity contribution < 1.29 is 4.74 Å². The predicted octanol–water partition coefficient (Wildman–Crippen LogP) is 1.08. The highest BCUT2D eigenvalue weighted by Crippen LogP contribution is 2.34. The summed E-state index contributed by atoms with van der Waals surface area (Å²) in [5.41, 5.74) is 2.49. The Balaban J connectivity index is 1.80. The van der Waals surface area contributed by atoms with E-state index in [1.54, 1.807) is 11.3 Å². The van der Waals surface area contributed by atoms with Gasteiger partial charge in [0, 0.05) is 60.3 Å². The summed E-state index contributed by atoms with van der Waals surface area (Å²) in [6.07, 6.45) is 3.96. The predicted molar refractivity (Wildman–Crippen MR) is 103 cm³/mol. The van der Waals surface area contributed by atoms with E-state index in [4.69, 9.17) is 9.72 Å². The number of piperazine rings is 1. The molecule has 0 amide bonds. The first-order valence-corrected chi connectivity index (χ1v) is 9.67. The molecule has 2 aromatic heterocycles. The van der Waals surface area contributed by atoms with Crippen molar-refractivity contribution in [2.45, 2.75) is 19.9 Å². The van der Waals surface area contributed by atoms with Gasteiger partial charge in [-0.25, -0.2) is 0 Å². The Morgan fingerprint density at radius 3 is 3.24 bits per heavy atom. The maximum atomic E-state index is 5.65. The first-order valence-electron chi connectivity index (χ1n) is 8.85. The average Bonchev–Trinajstić information content (AvgIpc) is 2.93. The second-order valence-corrected chi connectivity index (χ2v) is 7.69. The van der Waals surface area contributed by atoms with Crippen molar-refractivity contribution in [3.8, 4) is 0 Å². The number of pyridine rings is 1. The van der Waals surface area contributed by atoms with E-state index < -0.39 is 0 Å². The monoisotopic (exact) mass is 356 g/mol. The Morgan fingerprint density at radius 1 is 1.44 bits per heavy atom. The smallest absolute Gasteiger partial charge is 0.102 e. The van der Waals surface area contributed by atoms with Crippen LogP contribution in [-0.4, -0.2) is 48.8 Å². The van der Waals surface area contributed by atoms with E-state index in [-0.39, 0.29) is 0 Å². The van der Waals surface area contributed by atoms with Gasteiger partial charge in [0.1, 0.15) is 5.00 Å². The van der Waals surface area contributed by atoms with Crippen molar-refractivity contribution in [1.29, 1.82) is 0 Å². The van der Waals surface area contributed by atoms with Crippen LogP contribution in [0.3, 0.4) is 0 Å². The van der Waals surface area contributed by atoms with Crippen molar-refractivity contribution in [2.24, 2.45) is 0 Å². The molecular weight excluding hydrogens is 332 g/mol. The second kappa shape index (κ2) is 7.15. The molecule has 0 bridgehead atoms. The van der Waals surface area contributed by atoms with Crippen LogP contribution in [-0.2, 0) is 4.74 Å². The minimum atomic E-state index is 0.344. The van der Waals surface area contributed by atoms with Gasteiger partial charge in [-0.05, 0) is 32.0 Å². The van der Waals surface area contributed by atoms with Crippen LogP contribution in [0.15, 0.2) is 24.4 Å². The summed E-state index contributed by atoms with van der Waals surface area (Å²) in [5, 5.41) is 10.4. The number of hydrogen-bond acceptors (Lipinski definition) is 6. The molecule has 1 atom stereocenters. The van der Waals surface area contributed by atoms with Gasteiger partial charge in [-0.3, -0.25) is 4.98 Å². The minimum Gasteiger partial charge on any atom is -0.380 e. The van der Waals surface area contributed by atoms with Gasteiger partial charge in [0.05, 0.1) is 17.7 Å². The fourth-order valence-electron chi connectivity index (χ4n) is 3.52. The number of anilines is 1. The highest BCUT2D eigenvalue weighted by Gasteiger charge is 2.26. The van der Waals surface area contributed by atoms with Gasteiger partial charge < -0.3 is 20.3 Å². The maximum Gasteiger partial charge on any atom is 0.102 e. The van der Waals surface area contributed by atoms with Crippen LogP contribution in [0.1, 0.15) is 17.4 Å². The van der Waals surface area contributed by atoms with Crippen LogP contribution >= 0.6 is 11.3 Å². The standard InChI is InChI=1S/C19H24N4OS/c1-3-24-12-15-11-23(8-7-20-15)18-16-9-13(2)25-19(16)22-10-14-5-4-6-21-17(14)18/h4-6,9-10,15,20,22H,3,7-8,11-12H2,1-2H3. The summed E-state index contributed by atoms with van der Waals surface area (Å²) in [6.45, 7) is 8.57. The molecule has 0 radical (unpaired) electrons. The lowest BCUT2D eigenvalue weighted by molar-refractivity contribution is 0.103. The van der Waals surface area contributed by atoms with E-state index in [1.807, 2.05) is 19.2 Å². The lowest BCUT2D eigenvalue weighted by Gasteiger charge is -2.36. The molecule has 0 aliphatic carbocycles. The molecule has 2 N–H and O–H groups in total. The number of ether oxygens (including phenoxy) is 1. The Labute approximate surface area is 152 Å². The quantitative estimate of drug-likeness (QED) is 0.859. The highest BCUT2D eigenvalue weighted by atomic mass is 32.1. The second-order valence-electron chi connectivity index (χ2n) is 6.43. The Bertz CT molecular complexity index is 876. The third-order valence-corrected chi connectivity index (χ3v) is 5.61. The molecule has 0 spiro atoms. The van der Waals surface area contributed by atoms with Gasteiger partial charge in [0.25, 0.3) is 0 Å². The molecule has 1 fully saturated rings. The molecule has 2 aliphatic rings. The van der Waals surface area contributed by atoms with E-state index in [0.717, 1.165) is 43.4 Å². The van der Waals surface area contributed by atoms with Crippen LogP contribution in [0.2, 0.25) is 0 Å². The number of fused-ring (bicyclic) bond motifs is 2.